The second-order valence-corrected chi connectivity index (χ2v) is 4.75. The van der Waals surface area contributed by atoms with Crippen LogP contribution in [0.2, 0.25) is 0 Å². The third-order valence-electron chi connectivity index (χ3n) is 2.16. The van der Waals surface area contributed by atoms with Crippen molar-refractivity contribution in [3.05, 3.63) is 27.3 Å². The lowest BCUT2D eigenvalue weighted by Gasteiger charge is -2.06. The van der Waals surface area contributed by atoms with Crippen LogP contribution in [0.5, 0.6) is 5.75 Å². The summed E-state index contributed by atoms with van der Waals surface area (Å²) in [4.78, 5) is 11.6. The number of phenols is 1. The number of benzene rings is 1. The van der Waals surface area contributed by atoms with Crippen LogP contribution in [0.1, 0.15) is 36.5 Å². The lowest BCUT2D eigenvalue weighted by Crippen LogP contribution is -2.07. The first-order valence-electron chi connectivity index (χ1n) is 5.30. The molecule has 3 nitrogen and oxygen atoms in total. The number of hydrogen-bond acceptors (Lipinski definition) is 3. The summed E-state index contributed by atoms with van der Waals surface area (Å²) in [6, 6.07) is 4.87. The Kier molecular flexibility index (Phi) is 5.59. The van der Waals surface area contributed by atoms with Gasteiger partial charge < -0.3 is 9.84 Å². The SMILES string of the molecule is CCCCCOC(=O)c1cc(I)ccc1O. The maximum Gasteiger partial charge on any atom is 0.341 e. The summed E-state index contributed by atoms with van der Waals surface area (Å²) >= 11 is 2.09. The van der Waals surface area contributed by atoms with Crippen molar-refractivity contribution in [1.29, 1.82) is 0 Å². The fraction of sp³-hybridized carbons (Fsp3) is 0.417. The van der Waals surface area contributed by atoms with Gasteiger partial charge in [0, 0.05) is 3.57 Å². The highest BCUT2D eigenvalue weighted by atomic mass is 127. The van der Waals surface area contributed by atoms with Crippen molar-refractivity contribution in [3.8, 4) is 5.75 Å². The molecular formula is C12H15IO3. The normalized spacial score (nSPS) is 10.1. The van der Waals surface area contributed by atoms with Crippen LogP contribution in [-0.4, -0.2) is 17.7 Å². The van der Waals surface area contributed by atoms with E-state index in [0.717, 1.165) is 22.8 Å². The van der Waals surface area contributed by atoms with Gasteiger partial charge >= 0.3 is 5.97 Å². The van der Waals surface area contributed by atoms with Crippen LogP contribution in [0.3, 0.4) is 0 Å². The monoisotopic (exact) mass is 334 g/mol. The Hall–Kier alpha value is -0.780. The van der Waals surface area contributed by atoms with E-state index in [-0.39, 0.29) is 11.3 Å². The molecule has 16 heavy (non-hydrogen) atoms. The van der Waals surface area contributed by atoms with Gasteiger partial charge in [-0.2, -0.15) is 0 Å². The molecule has 0 spiro atoms. The lowest BCUT2D eigenvalue weighted by atomic mass is 10.2. The van der Waals surface area contributed by atoms with Crippen LogP contribution in [-0.2, 0) is 4.74 Å². The summed E-state index contributed by atoms with van der Waals surface area (Å²) < 4.78 is 5.96. The van der Waals surface area contributed by atoms with Crippen molar-refractivity contribution >= 4 is 28.6 Å². The molecule has 0 atom stereocenters. The molecule has 0 aliphatic heterocycles. The fourth-order valence-corrected chi connectivity index (χ4v) is 1.76. The zero-order chi connectivity index (χ0) is 12.0. The molecule has 0 unspecified atom stereocenters. The van der Waals surface area contributed by atoms with Gasteiger partial charge in [-0.15, -0.1) is 0 Å². The summed E-state index contributed by atoms with van der Waals surface area (Å²) in [5.74, 6) is -0.479. The van der Waals surface area contributed by atoms with Crippen LogP contribution in [0.15, 0.2) is 18.2 Å². The largest absolute Gasteiger partial charge is 0.507 e. The summed E-state index contributed by atoms with van der Waals surface area (Å²) in [5.41, 5.74) is 0.239. The number of ether oxygens (including phenoxy) is 1. The highest BCUT2D eigenvalue weighted by molar-refractivity contribution is 14.1. The highest BCUT2D eigenvalue weighted by Crippen LogP contribution is 2.20. The maximum absolute atomic E-state index is 11.6. The second-order valence-electron chi connectivity index (χ2n) is 3.50. The second kappa shape index (κ2) is 6.73. The topological polar surface area (TPSA) is 46.5 Å². The lowest BCUT2D eigenvalue weighted by molar-refractivity contribution is 0.0495. The molecular weight excluding hydrogens is 319 g/mol. The van der Waals surface area contributed by atoms with E-state index in [9.17, 15) is 9.90 Å². The van der Waals surface area contributed by atoms with Gasteiger partial charge in [0.25, 0.3) is 0 Å². The first-order chi connectivity index (χ1) is 7.65. The summed E-state index contributed by atoms with van der Waals surface area (Å²) in [5, 5.41) is 9.50. The van der Waals surface area contributed by atoms with E-state index >= 15 is 0 Å². The first-order valence-corrected chi connectivity index (χ1v) is 6.38. The van der Waals surface area contributed by atoms with E-state index in [2.05, 4.69) is 29.5 Å². The van der Waals surface area contributed by atoms with Crippen molar-refractivity contribution in [2.24, 2.45) is 0 Å². The van der Waals surface area contributed by atoms with Gasteiger partial charge in [-0.1, -0.05) is 19.8 Å². The number of esters is 1. The van der Waals surface area contributed by atoms with E-state index in [4.69, 9.17) is 4.74 Å². The van der Waals surface area contributed by atoms with Crippen molar-refractivity contribution in [2.45, 2.75) is 26.2 Å². The van der Waals surface area contributed by atoms with Gasteiger partial charge in [0.05, 0.1) is 6.61 Å². The zero-order valence-corrected chi connectivity index (χ0v) is 11.4. The Bertz CT molecular complexity index is 363. The van der Waals surface area contributed by atoms with Crippen LogP contribution >= 0.6 is 22.6 Å². The van der Waals surface area contributed by atoms with Crippen LogP contribution in [0, 0.1) is 3.57 Å². The zero-order valence-electron chi connectivity index (χ0n) is 9.20. The van der Waals surface area contributed by atoms with E-state index in [1.54, 1.807) is 12.1 Å². The van der Waals surface area contributed by atoms with Crippen molar-refractivity contribution in [3.63, 3.8) is 0 Å². The molecule has 0 saturated heterocycles. The van der Waals surface area contributed by atoms with Gasteiger partial charge in [-0.05, 0) is 47.2 Å². The molecule has 1 rings (SSSR count). The Morgan fingerprint density at radius 1 is 1.44 bits per heavy atom. The third kappa shape index (κ3) is 4.00. The predicted molar refractivity (Wildman–Crippen MR) is 70.6 cm³/mol. The van der Waals surface area contributed by atoms with Crippen molar-refractivity contribution in [1.82, 2.24) is 0 Å². The van der Waals surface area contributed by atoms with E-state index in [1.165, 1.54) is 6.07 Å². The van der Waals surface area contributed by atoms with Crippen LogP contribution in [0.25, 0.3) is 0 Å². The quantitative estimate of drug-likeness (QED) is 0.510. The molecule has 0 aromatic heterocycles. The molecule has 1 N–H and O–H groups in total. The molecule has 0 amide bonds. The summed E-state index contributed by atoms with van der Waals surface area (Å²) in [6.07, 6.45) is 3.00. The van der Waals surface area contributed by atoms with Gasteiger partial charge in [0.15, 0.2) is 0 Å². The number of phenolic OH excluding ortho intramolecular Hbond substituents is 1. The number of carbonyl (C=O) groups is 1. The fourth-order valence-electron chi connectivity index (χ4n) is 1.27. The predicted octanol–water partition coefficient (Wildman–Crippen LogP) is 3.34. The number of carbonyl (C=O) groups excluding carboxylic acids is 1. The number of halogens is 1. The smallest absolute Gasteiger partial charge is 0.341 e. The van der Waals surface area contributed by atoms with E-state index in [0.29, 0.717) is 6.61 Å². The molecule has 0 bridgehead atoms. The number of unbranched alkanes of at least 4 members (excludes halogenated alkanes) is 2. The number of rotatable bonds is 5. The molecule has 0 aliphatic carbocycles. The Labute approximate surface area is 109 Å². The molecule has 0 aliphatic rings. The Morgan fingerprint density at radius 3 is 2.88 bits per heavy atom. The maximum atomic E-state index is 11.6. The minimum absolute atomic E-state index is 0.0269. The molecule has 0 radical (unpaired) electrons. The van der Waals surface area contributed by atoms with Crippen LogP contribution < -0.4 is 0 Å². The molecule has 88 valence electrons. The number of aromatic hydroxyl groups is 1. The minimum Gasteiger partial charge on any atom is -0.507 e. The van der Waals surface area contributed by atoms with Crippen molar-refractivity contribution < 1.29 is 14.6 Å². The highest BCUT2D eigenvalue weighted by Gasteiger charge is 2.12. The average molecular weight is 334 g/mol. The minimum atomic E-state index is -0.452. The molecule has 1 aromatic rings. The third-order valence-corrected chi connectivity index (χ3v) is 2.83. The summed E-state index contributed by atoms with van der Waals surface area (Å²) in [6.45, 7) is 2.50. The van der Waals surface area contributed by atoms with Gasteiger partial charge in [-0.25, -0.2) is 4.79 Å². The molecule has 1 aromatic carbocycles. The van der Waals surface area contributed by atoms with E-state index < -0.39 is 5.97 Å². The van der Waals surface area contributed by atoms with Gasteiger partial charge in [-0.3, -0.25) is 0 Å². The van der Waals surface area contributed by atoms with Gasteiger partial charge in [0.2, 0.25) is 0 Å². The average Bonchev–Trinajstić information content (AvgIpc) is 2.27. The molecule has 0 saturated carbocycles. The number of hydrogen-bond donors (Lipinski definition) is 1. The first kappa shape index (κ1) is 13.3. The molecule has 4 heteroatoms. The Morgan fingerprint density at radius 2 is 2.19 bits per heavy atom. The van der Waals surface area contributed by atoms with Crippen LogP contribution in [0.4, 0.5) is 0 Å². The molecule has 0 fully saturated rings. The Balaban J connectivity index is 2.55. The van der Waals surface area contributed by atoms with E-state index in [1.807, 2.05) is 0 Å². The van der Waals surface area contributed by atoms with Gasteiger partial charge in [0.1, 0.15) is 11.3 Å². The molecule has 0 heterocycles. The standard InChI is InChI=1S/C12H15IO3/c1-2-3-4-7-16-12(15)10-8-9(13)5-6-11(10)14/h5-6,8,14H,2-4,7H2,1H3. The van der Waals surface area contributed by atoms with Crippen molar-refractivity contribution in [2.75, 3.05) is 6.61 Å². The summed E-state index contributed by atoms with van der Waals surface area (Å²) in [7, 11) is 0.